The fraction of sp³-hybridized carbons (Fsp3) is 0.714. The van der Waals surface area contributed by atoms with E-state index in [9.17, 15) is 0 Å². The molecule has 2 heteroatoms. The Morgan fingerprint density at radius 2 is 2.19 bits per heavy atom. The summed E-state index contributed by atoms with van der Waals surface area (Å²) in [5.74, 6) is 0. The minimum atomic E-state index is 0.499. The maximum Gasteiger partial charge on any atom is 0.0934 e. The summed E-state index contributed by atoms with van der Waals surface area (Å²) in [6.45, 7) is 4.55. The minimum Gasteiger partial charge on any atom is -0.472 e. The molecule has 1 fully saturated rings. The molecule has 16 heavy (non-hydrogen) atoms. The maximum absolute atomic E-state index is 5.18. The summed E-state index contributed by atoms with van der Waals surface area (Å²) in [6, 6.07) is 2.11. The van der Waals surface area contributed by atoms with Gasteiger partial charge >= 0.3 is 0 Å². The average Bonchev–Trinajstić information content (AvgIpc) is 2.91. The Balaban J connectivity index is 1.92. The topological polar surface area (TPSA) is 25.2 Å². The second kappa shape index (κ2) is 5.53. The fourth-order valence-electron chi connectivity index (χ4n) is 2.90. The first-order valence-corrected chi connectivity index (χ1v) is 6.56. The number of hydrogen-bond donors (Lipinski definition) is 1. The van der Waals surface area contributed by atoms with Crippen molar-refractivity contribution < 1.29 is 4.42 Å². The zero-order chi connectivity index (χ0) is 11.3. The molecule has 1 aliphatic carbocycles. The lowest BCUT2D eigenvalue weighted by Crippen LogP contribution is -2.34. The van der Waals surface area contributed by atoms with Crippen LogP contribution >= 0.6 is 0 Å². The van der Waals surface area contributed by atoms with Crippen LogP contribution in [0.4, 0.5) is 0 Å². The lowest BCUT2D eigenvalue weighted by atomic mass is 9.80. The summed E-state index contributed by atoms with van der Waals surface area (Å²) < 4.78 is 5.18. The number of furan rings is 1. The molecule has 0 aromatic carbocycles. The molecule has 0 unspecified atom stereocenters. The first-order valence-electron chi connectivity index (χ1n) is 6.56. The minimum absolute atomic E-state index is 0.499. The van der Waals surface area contributed by atoms with Gasteiger partial charge in [0.15, 0.2) is 0 Å². The largest absolute Gasteiger partial charge is 0.472 e. The van der Waals surface area contributed by atoms with Crippen molar-refractivity contribution in [2.75, 3.05) is 13.1 Å². The van der Waals surface area contributed by atoms with Crippen molar-refractivity contribution in [1.29, 1.82) is 0 Å². The standard InChI is InChI=1S/C14H23NO/c1-2-8-15-12-14(6-3-4-7-14)10-13-5-9-16-11-13/h5,9,11,15H,2-4,6-8,10,12H2,1H3. The molecule has 0 spiro atoms. The molecule has 0 amide bonds. The first-order chi connectivity index (χ1) is 7.85. The van der Waals surface area contributed by atoms with Crippen molar-refractivity contribution in [3.63, 3.8) is 0 Å². The quantitative estimate of drug-likeness (QED) is 0.745. The van der Waals surface area contributed by atoms with Gasteiger partial charge in [0.05, 0.1) is 12.5 Å². The van der Waals surface area contributed by atoms with Crippen molar-refractivity contribution in [1.82, 2.24) is 5.32 Å². The maximum atomic E-state index is 5.18. The first kappa shape index (κ1) is 11.7. The molecule has 1 aromatic heterocycles. The third-order valence-corrected chi connectivity index (χ3v) is 3.75. The van der Waals surface area contributed by atoms with Crippen molar-refractivity contribution in [3.05, 3.63) is 24.2 Å². The van der Waals surface area contributed by atoms with Crippen LogP contribution in [-0.2, 0) is 6.42 Å². The summed E-state index contributed by atoms with van der Waals surface area (Å²) in [5.41, 5.74) is 1.86. The van der Waals surface area contributed by atoms with E-state index in [0.717, 1.165) is 6.54 Å². The van der Waals surface area contributed by atoms with E-state index in [0.29, 0.717) is 5.41 Å². The second-order valence-electron chi connectivity index (χ2n) is 5.19. The lowest BCUT2D eigenvalue weighted by Gasteiger charge is -2.29. The highest BCUT2D eigenvalue weighted by Gasteiger charge is 2.33. The summed E-state index contributed by atoms with van der Waals surface area (Å²) in [4.78, 5) is 0. The van der Waals surface area contributed by atoms with E-state index in [2.05, 4.69) is 18.3 Å². The summed E-state index contributed by atoms with van der Waals surface area (Å²) in [5, 5.41) is 3.60. The highest BCUT2D eigenvalue weighted by Crippen LogP contribution is 2.40. The number of rotatable bonds is 6. The summed E-state index contributed by atoms with van der Waals surface area (Å²) in [6.07, 6.45) is 11.6. The molecule has 2 nitrogen and oxygen atoms in total. The Morgan fingerprint density at radius 1 is 1.38 bits per heavy atom. The zero-order valence-electron chi connectivity index (χ0n) is 10.3. The van der Waals surface area contributed by atoms with Gasteiger partial charge in [-0.05, 0) is 49.3 Å². The Kier molecular flexibility index (Phi) is 4.05. The van der Waals surface area contributed by atoms with Gasteiger partial charge in [-0.2, -0.15) is 0 Å². The molecule has 0 radical (unpaired) electrons. The van der Waals surface area contributed by atoms with Gasteiger partial charge in [0.25, 0.3) is 0 Å². The van der Waals surface area contributed by atoms with Crippen LogP contribution in [-0.4, -0.2) is 13.1 Å². The second-order valence-corrected chi connectivity index (χ2v) is 5.19. The SMILES string of the molecule is CCCNCC1(Cc2ccoc2)CCCC1. The molecule has 1 saturated carbocycles. The van der Waals surface area contributed by atoms with E-state index < -0.39 is 0 Å². The van der Waals surface area contributed by atoms with Crippen LogP contribution in [0.5, 0.6) is 0 Å². The molecule has 90 valence electrons. The van der Waals surface area contributed by atoms with Crippen LogP contribution in [0.25, 0.3) is 0 Å². The van der Waals surface area contributed by atoms with E-state index in [1.807, 2.05) is 6.26 Å². The molecule has 0 atom stereocenters. The van der Waals surface area contributed by atoms with Crippen LogP contribution in [0.1, 0.15) is 44.6 Å². The van der Waals surface area contributed by atoms with Crippen molar-refractivity contribution >= 4 is 0 Å². The van der Waals surface area contributed by atoms with E-state index >= 15 is 0 Å². The van der Waals surface area contributed by atoms with Gasteiger partial charge in [-0.1, -0.05) is 19.8 Å². The molecule has 2 rings (SSSR count). The molecule has 1 heterocycles. The predicted molar refractivity (Wildman–Crippen MR) is 66.5 cm³/mol. The molecule has 1 aliphatic rings. The summed E-state index contributed by atoms with van der Waals surface area (Å²) >= 11 is 0. The van der Waals surface area contributed by atoms with Crippen LogP contribution in [0.3, 0.4) is 0 Å². The molecule has 0 aliphatic heterocycles. The van der Waals surface area contributed by atoms with Gasteiger partial charge in [-0.15, -0.1) is 0 Å². The van der Waals surface area contributed by atoms with Gasteiger partial charge in [-0.25, -0.2) is 0 Å². The third kappa shape index (κ3) is 2.88. The Morgan fingerprint density at radius 3 is 2.81 bits per heavy atom. The van der Waals surface area contributed by atoms with Crippen LogP contribution in [0.2, 0.25) is 0 Å². The fourth-order valence-corrected chi connectivity index (χ4v) is 2.90. The van der Waals surface area contributed by atoms with Crippen molar-refractivity contribution in [3.8, 4) is 0 Å². The Hall–Kier alpha value is -0.760. The van der Waals surface area contributed by atoms with E-state index in [4.69, 9.17) is 4.42 Å². The van der Waals surface area contributed by atoms with Gasteiger partial charge in [0.1, 0.15) is 0 Å². The van der Waals surface area contributed by atoms with Gasteiger partial charge in [0, 0.05) is 6.54 Å². The molecular weight excluding hydrogens is 198 g/mol. The molecule has 1 aromatic rings. The van der Waals surface area contributed by atoms with Crippen LogP contribution < -0.4 is 5.32 Å². The summed E-state index contributed by atoms with van der Waals surface area (Å²) in [7, 11) is 0. The molecule has 1 N–H and O–H groups in total. The lowest BCUT2D eigenvalue weighted by molar-refractivity contribution is 0.277. The highest BCUT2D eigenvalue weighted by atomic mass is 16.3. The highest BCUT2D eigenvalue weighted by molar-refractivity contribution is 5.10. The smallest absolute Gasteiger partial charge is 0.0934 e. The van der Waals surface area contributed by atoms with E-state index in [-0.39, 0.29) is 0 Å². The van der Waals surface area contributed by atoms with Crippen LogP contribution in [0, 0.1) is 5.41 Å². The monoisotopic (exact) mass is 221 g/mol. The van der Waals surface area contributed by atoms with Crippen molar-refractivity contribution in [2.45, 2.75) is 45.4 Å². The Bertz CT molecular complexity index is 286. The van der Waals surface area contributed by atoms with Gasteiger partial charge < -0.3 is 9.73 Å². The number of hydrogen-bond acceptors (Lipinski definition) is 2. The van der Waals surface area contributed by atoms with Gasteiger partial charge in [0.2, 0.25) is 0 Å². The van der Waals surface area contributed by atoms with E-state index in [1.165, 1.54) is 50.6 Å². The molecule has 0 bridgehead atoms. The Labute approximate surface area is 98.4 Å². The van der Waals surface area contributed by atoms with E-state index in [1.54, 1.807) is 6.26 Å². The molecular formula is C14H23NO. The predicted octanol–water partition coefficient (Wildman–Crippen LogP) is 3.38. The third-order valence-electron chi connectivity index (χ3n) is 3.75. The number of nitrogens with one attached hydrogen (secondary N) is 1. The normalized spacial score (nSPS) is 19.1. The van der Waals surface area contributed by atoms with Crippen LogP contribution in [0.15, 0.2) is 23.0 Å². The average molecular weight is 221 g/mol. The van der Waals surface area contributed by atoms with Gasteiger partial charge in [-0.3, -0.25) is 0 Å². The molecule has 0 saturated heterocycles. The van der Waals surface area contributed by atoms with Crippen molar-refractivity contribution in [2.24, 2.45) is 5.41 Å². The zero-order valence-corrected chi connectivity index (χ0v) is 10.3.